The van der Waals surface area contributed by atoms with Gasteiger partial charge in [-0.15, -0.1) is 0 Å². The van der Waals surface area contributed by atoms with E-state index in [1.54, 1.807) is 6.92 Å². The summed E-state index contributed by atoms with van der Waals surface area (Å²) in [6.45, 7) is 1.67. The Balaban J connectivity index is 2.55. The zero-order chi connectivity index (χ0) is 15.8. The van der Waals surface area contributed by atoms with Crippen LogP contribution in [0.5, 0.6) is 0 Å². The van der Waals surface area contributed by atoms with Gasteiger partial charge in [-0.2, -0.15) is 4.31 Å². The monoisotopic (exact) mass is 335 g/mol. The number of rotatable bonds is 4. The van der Waals surface area contributed by atoms with E-state index >= 15 is 0 Å². The van der Waals surface area contributed by atoms with E-state index in [9.17, 15) is 22.7 Å². The van der Waals surface area contributed by atoms with Crippen LogP contribution in [0.1, 0.15) is 26.2 Å². The number of sulfonamides is 1. The van der Waals surface area contributed by atoms with Gasteiger partial charge in [0.15, 0.2) is 0 Å². The Hall–Kier alpha value is -1.18. The minimum absolute atomic E-state index is 0.0601. The minimum Gasteiger partial charge on any atom is -0.480 e. The molecule has 1 aromatic carbocycles. The maximum atomic E-state index is 13.9. The predicted molar refractivity (Wildman–Crippen MR) is 75.2 cm³/mol. The first-order chi connectivity index (χ1) is 9.75. The lowest BCUT2D eigenvalue weighted by Gasteiger charge is -2.32. The van der Waals surface area contributed by atoms with Crippen LogP contribution in [0.15, 0.2) is 23.1 Å². The normalized spacial score (nSPS) is 23.4. The van der Waals surface area contributed by atoms with Crippen molar-refractivity contribution < 1.29 is 22.7 Å². The van der Waals surface area contributed by atoms with Crippen LogP contribution in [0.4, 0.5) is 4.39 Å². The van der Waals surface area contributed by atoms with E-state index in [-0.39, 0.29) is 24.4 Å². The fourth-order valence-corrected chi connectivity index (χ4v) is 4.79. The Morgan fingerprint density at radius 1 is 1.52 bits per heavy atom. The number of hydrogen-bond acceptors (Lipinski definition) is 3. The fraction of sp³-hybridized carbons (Fsp3) is 0.462. The Morgan fingerprint density at radius 2 is 2.19 bits per heavy atom. The molecule has 8 heteroatoms. The molecular weight excluding hydrogens is 321 g/mol. The second kappa shape index (κ2) is 5.55. The van der Waals surface area contributed by atoms with Crippen LogP contribution >= 0.6 is 11.6 Å². The summed E-state index contributed by atoms with van der Waals surface area (Å²) < 4.78 is 40.1. The number of halogens is 2. The highest BCUT2D eigenvalue weighted by Crippen LogP contribution is 2.38. The molecule has 2 rings (SSSR count). The highest BCUT2D eigenvalue weighted by molar-refractivity contribution is 7.89. The molecule has 1 N–H and O–H groups in total. The maximum Gasteiger partial charge on any atom is 0.325 e. The van der Waals surface area contributed by atoms with E-state index in [1.165, 1.54) is 6.07 Å². The Morgan fingerprint density at radius 3 is 2.71 bits per heavy atom. The highest BCUT2D eigenvalue weighted by Gasteiger charge is 2.52. The van der Waals surface area contributed by atoms with Crippen LogP contribution in [-0.4, -0.2) is 35.9 Å². The minimum atomic E-state index is -4.23. The average molecular weight is 336 g/mol. The summed E-state index contributed by atoms with van der Waals surface area (Å²) in [7, 11) is -4.23. The molecule has 116 valence electrons. The summed E-state index contributed by atoms with van der Waals surface area (Å²) in [6.07, 6.45) is 0.763. The van der Waals surface area contributed by atoms with Crippen molar-refractivity contribution >= 4 is 27.6 Å². The highest BCUT2D eigenvalue weighted by atomic mass is 35.5. The standard InChI is InChI=1S/C13H15ClFNO4S/c1-2-13(12(17)18)6-3-7-16(13)21(19,20)11-5-4-9(14)8-10(11)15/h4-5,8H,2-3,6-7H2,1H3,(H,17,18). The molecule has 1 heterocycles. The number of carboxylic acid groups (broad SMARTS) is 1. The van der Waals surface area contributed by atoms with Crippen molar-refractivity contribution in [3.8, 4) is 0 Å². The fourth-order valence-electron chi connectivity index (χ4n) is 2.73. The van der Waals surface area contributed by atoms with Crippen LogP contribution < -0.4 is 0 Å². The van der Waals surface area contributed by atoms with Crippen molar-refractivity contribution in [2.45, 2.75) is 36.6 Å². The molecule has 1 aliphatic rings. The first kappa shape index (κ1) is 16.2. The molecule has 1 unspecified atom stereocenters. The van der Waals surface area contributed by atoms with E-state index in [4.69, 9.17) is 11.6 Å². The zero-order valence-electron chi connectivity index (χ0n) is 11.3. The number of benzene rings is 1. The van der Waals surface area contributed by atoms with E-state index in [1.807, 2.05) is 0 Å². The van der Waals surface area contributed by atoms with Crippen LogP contribution in [-0.2, 0) is 14.8 Å². The van der Waals surface area contributed by atoms with Crippen molar-refractivity contribution in [1.29, 1.82) is 0 Å². The molecule has 0 aromatic heterocycles. The second-order valence-corrected chi connectivity index (χ2v) is 7.21. The zero-order valence-corrected chi connectivity index (χ0v) is 12.9. The number of carboxylic acids is 1. The quantitative estimate of drug-likeness (QED) is 0.917. The van der Waals surface area contributed by atoms with Gasteiger partial charge in [0.2, 0.25) is 10.0 Å². The second-order valence-electron chi connectivity index (χ2n) is 4.95. The summed E-state index contributed by atoms with van der Waals surface area (Å²) in [5, 5.41) is 9.51. The summed E-state index contributed by atoms with van der Waals surface area (Å²) in [5.74, 6) is -2.19. The maximum absolute atomic E-state index is 13.9. The van der Waals surface area contributed by atoms with Crippen molar-refractivity contribution in [3.05, 3.63) is 29.0 Å². The molecule has 0 spiro atoms. The predicted octanol–water partition coefficient (Wildman–Crippen LogP) is 2.50. The van der Waals surface area contributed by atoms with Crippen LogP contribution in [0.25, 0.3) is 0 Å². The molecule has 0 aliphatic carbocycles. The molecule has 0 saturated carbocycles. The van der Waals surface area contributed by atoms with Gasteiger partial charge in [0, 0.05) is 11.6 Å². The number of aliphatic carboxylic acids is 1. The Bertz CT molecular complexity index is 679. The Labute approximate surface area is 127 Å². The summed E-state index contributed by atoms with van der Waals surface area (Å²) >= 11 is 5.62. The molecule has 1 fully saturated rings. The molecule has 0 bridgehead atoms. The summed E-state index contributed by atoms with van der Waals surface area (Å²) in [5.41, 5.74) is -1.51. The van der Waals surface area contributed by atoms with Crippen molar-refractivity contribution in [1.82, 2.24) is 4.31 Å². The molecule has 21 heavy (non-hydrogen) atoms. The van der Waals surface area contributed by atoms with Gasteiger partial charge >= 0.3 is 5.97 Å². The molecule has 1 aliphatic heterocycles. The van der Waals surface area contributed by atoms with Gasteiger partial charge in [0.1, 0.15) is 16.3 Å². The molecule has 1 atom stereocenters. The third kappa shape index (κ3) is 2.54. The van der Waals surface area contributed by atoms with Crippen LogP contribution in [0.3, 0.4) is 0 Å². The third-order valence-electron chi connectivity index (χ3n) is 3.87. The van der Waals surface area contributed by atoms with E-state index in [2.05, 4.69) is 0 Å². The lowest BCUT2D eigenvalue weighted by Crippen LogP contribution is -2.52. The van der Waals surface area contributed by atoms with Gasteiger partial charge in [-0.1, -0.05) is 18.5 Å². The number of carbonyl (C=O) groups is 1. The lowest BCUT2D eigenvalue weighted by molar-refractivity contribution is -0.147. The number of hydrogen-bond donors (Lipinski definition) is 1. The first-order valence-corrected chi connectivity index (χ1v) is 8.29. The van der Waals surface area contributed by atoms with Crippen LogP contribution in [0, 0.1) is 5.82 Å². The lowest BCUT2D eigenvalue weighted by atomic mass is 9.95. The topological polar surface area (TPSA) is 74.7 Å². The van der Waals surface area contributed by atoms with Gasteiger partial charge < -0.3 is 5.11 Å². The Kier molecular flexibility index (Phi) is 4.28. The van der Waals surface area contributed by atoms with E-state index < -0.39 is 32.2 Å². The average Bonchev–Trinajstić information content (AvgIpc) is 2.84. The smallest absolute Gasteiger partial charge is 0.325 e. The van der Waals surface area contributed by atoms with Gasteiger partial charge in [0.05, 0.1) is 0 Å². The molecule has 0 radical (unpaired) electrons. The summed E-state index contributed by atoms with van der Waals surface area (Å²) in [4.78, 5) is 11.0. The van der Waals surface area contributed by atoms with Gasteiger partial charge in [-0.05, 0) is 37.5 Å². The van der Waals surface area contributed by atoms with Gasteiger partial charge in [0.25, 0.3) is 0 Å². The summed E-state index contributed by atoms with van der Waals surface area (Å²) in [6, 6.07) is 3.23. The third-order valence-corrected chi connectivity index (χ3v) is 6.11. The largest absolute Gasteiger partial charge is 0.480 e. The van der Waals surface area contributed by atoms with Crippen molar-refractivity contribution in [3.63, 3.8) is 0 Å². The molecule has 1 aromatic rings. The SMILES string of the molecule is CCC1(C(=O)O)CCCN1S(=O)(=O)c1ccc(Cl)cc1F. The van der Waals surface area contributed by atoms with Crippen molar-refractivity contribution in [2.24, 2.45) is 0 Å². The van der Waals surface area contributed by atoms with E-state index in [0.717, 1.165) is 16.4 Å². The van der Waals surface area contributed by atoms with Gasteiger partial charge in [-0.3, -0.25) is 4.79 Å². The van der Waals surface area contributed by atoms with Crippen LogP contribution in [0.2, 0.25) is 5.02 Å². The first-order valence-electron chi connectivity index (χ1n) is 6.47. The molecule has 1 saturated heterocycles. The number of nitrogens with zero attached hydrogens (tertiary/aromatic N) is 1. The molecule has 5 nitrogen and oxygen atoms in total. The van der Waals surface area contributed by atoms with E-state index in [0.29, 0.717) is 6.42 Å². The molecule has 0 amide bonds. The van der Waals surface area contributed by atoms with Gasteiger partial charge in [-0.25, -0.2) is 12.8 Å². The van der Waals surface area contributed by atoms with Crippen molar-refractivity contribution in [2.75, 3.05) is 6.54 Å². The molecular formula is C13H15ClFNO4S.